The van der Waals surface area contributed by atoms with Gasteiger partial charge in [0.2, 0.25) is 0 Å². The molecule has 3 atom stereocenters. The second kappa shape index (κ2) is 6.49. The average Bonchev–Trinajstić information content (AvgIpc) is 2.49. The summed E-state index contributed by atoms with van der Waals surface area (Å²) in [6, 6.07) is 0.141. The molecule has 3 aliphatic heterocycles. The molecule has 3 saturated heterocycles. The van der Waals surface area contributed by atoms with E-state index < -0.39 is 5.67 Å². The van der Waals surface area contributed by atoms with Crippen LogP contribution in [0.25, 0.3) is 0 Å². The van der Waals surface area contributed by atoms with Gasteiger partial charge in [-0.25, -0.2) is 4.39 Å². The first-order chi connectivity index (χ1) is 10.1. The van der Waals surface area contributed by atoms with Gasteiger partial charge in [-0.05, 0) is 44.9 Å². The van der Waals surface area contributed by atoms with E-state index in [0.717, 1.165) is 52.0 Å². The summed E-state index contributed by atoms with van der Waals surface area (Å²) < 4.78 is 32.2. The Hall–Kier alpha value is -0.230. The van der Waals surface area contributed by atoms with Crippen molar-refractivity contribution in [2.75, 3.05) is 39.6 Å². The van der Waals surface area contributed by atoms with Crippen LogP contribution in [0.4, 0.5) is 4.39 Å². The quantitative estimate of drug-likeness (QED) is 0.866. The van der Waals surface area contributed by atoms with Gasteiger partial charge in [0.05, 0.1) is 18.8 Å². The third-order valence-electron chi connectivity index (χ3n) is 5.39. The fraction of sp³-hybridized carbons (Fsp3) is 1.00. The number of nitrogens with one attached hydrogen (secondary N) is 1. The zero-order valence-electron chi connectivity index (χ0n) is 13.0. The molecule has 0 aliphatic carbocycles. The predicted octanol–water partition coefficient (Wildman–Crippen LogP) is 2.07. The van der Waals surface area contributed by atoms with Crippen molar-refractivity contribution in [1.82, 2.24) is 5.32 Å². The van der Waals surface area contributed by atoms with Crippen molar-refractivity contribution in [3.63, 3.8) is 0 Å². The second-order valence-electron chi connectivity index (χ2n) is 7.04. The van der Waals surface area contributed by atoms with Gasteiger partial charge in [0, 0.05) is 32.4 Å². The van der Waals surface area contributed by atoms with E-state index in [1.54, 1.807) is 6.92 Å². The van der Waals surface area contributed by atoms with Gasteiger partial charge >= 0.3 is 0 Å². The summed E-state index contributed by atoms with van der Waals surface area (Å²) in [4.78, 5) is 0. The topological polar surface area (TPSA) is 39.7 Å². The Morgan fingerprint density at radius 3 is 2.71 bits per heavy atom. The molecule has 3 unspecified atom stereocenters. The monoisotopic (exact) mass is 301 g/mol. The molecule has 0 bridgehead atoms. The number of halogens is 1. The molecule has 4 nitrogen and oxygen atoms in total. The van der Waals surface area contributed by atoms with Crippen LogP contribution in [0.3, 0.4) is 0 Å². The van der Waals surface area contributed by atoms with Crippen LogP contribution in [0.5, 0.6) is 0 Å². The minimum absolute atomic E-state index is 0.0769. The van der Waals surface area contributed by atoms with E-state index in [4.69, 9.17) is 14.2 Å². The van der Waals surface area contributed by atoms with E-state index in [9.17, 15) is 0 Å². The fourth-order valence-corrected chi connectivity index (χ4v) is 4.03. The molecule has 0 aromatic carbocycles. The molecule has 1 spiro atoms. The number of ether oxygens (including phenoxy) is 3. The van der Waals surface area contributed by atoms with Crippen molar-refractivity contribution in [3.8, 4) is 0 Å². The lowest BCUT2D eigenvalue weighted by Crippen LogP contribution is -2.51. The number of rotatable bonds is 3. The van der Waals surface area contributed by atoms with Gasteiger partial charge in [0.15, 0.2) is 0 Å². The summed E-state index contributed by atoms with van der Waals surface area (Å²) in [6.07, 6.45) is 4.00. The first-order valence-electron chi connectivity index (χ1n) is 8.31. The highest BCUT2D eigenvalue weighted by molar-refractivity contribution is 4.97. The normalized spacial score (nSPS) is 36.3. The predicted molar refractivity (Wildman–Crippen MR) is 78.2 cm³/mol. The van der Waals surface area contributed by atoms with Crippen molar-refractivity contribution in [2.45, 2.75) is 56.3 Å². The minimum atomic E-state index is -1.16. The fourth-order valence-electron chi connectivity index (χ4n) is 4.03. The highest BCUT2D eigenvalue weighted by Crippen LogP contribution is 2.43. The first-order valence-corrected chi connectivity index (χ1v) is 8.31. The molecular weight excluding hydrogens is 273 g/mol. The van der Waals surface area contributed by atoms with Crippen molar-refractivity contribution >= 4 is 0 Å². The Morgan fingerprint density at radius 1 is 1.19 bits per heavy atom. The van der Waals surface area contributed by atoms with Crippen molar-refractivity contribution in [2.24, 2.45) is 5.92 Å². The molecule has 122 valence electrons. The van der Waals surface area contributed by atoms with Gasteiger partial charge < -0.3 is 19.5 Å². The maximum absolute atomic E-state index is 15.3. The number of hydrogen-bond acceptors (Lipinski definition) is 4. The number of morpholine rings is 1. The molecule has 0 saturated carbocycles. The van der Waals surface area contributed by atoms with Crippen LogP contribution in [0, 0.1) is 5.92 Å². The summed E-state index contributed by atoms with van der Waals surface area (Å²) in [7, 11) is 0. The van der Waals surface area contributed by atoms with Crippen molar-refractivity contribution in [3.05, 3.63) is 0 Å². The van der Waals surface area contributed by atoms with E-state index in [1.165, 1.54) is 0 Å². The molecule has 5 heteroatoms. The molecule has 3 fully saturated rings. The van der Waals surface area contributed by atoms with Crippen LogP contribution in [-0.2, 0) is 14.2 Å². The maximum Gasteiger partial charge on any atom is 0.112 e. The van der Waals surface area contributed by atoms with Gasteiger partial charge in [-0.1, -0.05) is 0 Å². The molecule has 21 heavy (non-hydrogen) atoms. The molecule has 0 amide bonds. The van der Waals surface area contributed by atoms with Gasteiger partial charge in [-0.15, -0.1) is 0 Å². The molecule has 0 aromatic heterocycles. The molecule has 3 heterocycles. The van der Waals surface area contributed by atoms with E-state index in [0.29, 0.717) is 19.6 Å². The third-order valence-corrected chi connectivity index (χ3v) is 5.39. The molecule has 0 aromatic rings. The maximum atomic E-state index is 15.3. The molecule has 3 rings (SSSR count). The van der Waals surface area contributed by atoms with Crippen molar-refractivity contribution in [1.29, 1.82) is 0 Å². The summed E-state index contributed by atoms with van der Waals surface area (Å²) in [6.45, 7) is 6.13. The lowest BCUT2D eigenvalue weighted by Gasteiger charge is -2.47. The standard InChI is InChI=1S/C16H28FNO3/c1-15(17,11-14-12-20-9-5-18-14)13-2-6-21-16(10-13)3-7-19-8-4-16/h13-14,18H,2-12H2,1H3. The molecule has 3 aliphatic rings. The highest BCUT2D eigenvalue weighted by Gasteiger charge is 2.46. The van der Waals surface area contributed by atoms with Crippen LogP contribution < -0.4 is 5.32 Å². The van der Waals surface area contributed by atoms with Crippen molar-refractivity contribution < 1.29 is 18.6 Å². The largest absolute Gasteiger partial charge is 0.381 e. The second-order valence-corrected chi connectivity index (χ2v) is 7.04. The minimum Gasteiger partial charge on any atom is -0.381 e. The van der Waals surface area contributed by atoms with E-state index in [1.807, 2.05) is 0 Å². The van der Waals surface area contributed by atoms with E-state index >= 15 is 4.39 Å². The van der Waals surface area contributed by atoms with Gasteiger partial charge in [-0.2, -0.15) is 0 Å². The molecule has 0 radical (unpaired) electrons. The summed E-state index contributed by atoms with van der Waals surface area (Å²) in [5.74, 6) is 0.0769. The van der Waals surface area contributed by atoms with E-state index in [2.05, 4.69) is 5.32 Å². The van der Waals surface area contributed by atoms with Crippen LogP contribution in [-0.4, -0.2) is 56.9 Å². The summed E-state index contributed by atoms with van der Waals surface area (Å²) >= 11 is 0. The zero-order chi connectivity index (χ0) is 14.8. The Labute approximate surface area is 126 Å². The first kappa shape index (κ1) is 15.7. The highest BCUT2D eigenvalue weighted by atomic mass is 19.1. The van der Waals surface area contributed by atoms with E-state index in [-0.39, 0.29) is 17.6 Å². The van der Waals surface area contributed by atoms with Gasteiger partial charge in [-0.3, -0.25) is 0 Å². The molecular formula is C16H28FNO3. The molecule has 1 N–H and O–H groups in total. The Bertz CT molecular complexity index is 333. The van der Waals surface area contributed by atoms with Gasteiger partial charge in [0.1, 0.15) is 5.67 Å². The lowest BCUT2D eigenvalue weighted by molar-refractivity contribution is -0.164. The summed E-state index contributed by atoms with van der Waals surface area (Å²) in [5.41, 5.74) is -1.29. The number of hydrogen-bond donors (Lipinski definition) is 1. The third kappa shape index (κ3) is 3.76. The Kier molecular flexibility index (Phi) is 4.84. The Balaban J connectivity index is 1.60. The summed E-state index contributed by atoms with van der Waals surface area (Å²) in [5, 5.41) is 3.37. The van der Waals surface area contributed by atoms with Crippen LogP contribution >= 0.6 is 0 Å². The average molecular weight is 301 g/mol. The lowest BCUT2D eigenvalue weighted by atomic mass is 9.73. The SMILES string of the molecule is CC(F)(CC1COCCN1)C1CCOC2(CCOCC2)C1. The van der Waals surface area contributed by atoms with Crippen LogP contribution in [0.15, 0.2) is 0 Å². The van der Waals surface area contributed by atoms with Crippen LogP contribution in [0.1, 0.15) is 39.0 Å². The van der Waals surface area contributed by atoms with Gasteiger partial charge in [0.25, 0.3) is 0 Å². The smallest absolute Gasteiger partial charge is 0.112 e. The number of alkyl halides is 1. The Morgan fingerprint density at radius 2 is 2.00 bits per heavy atom. The van der Waals surface area contributed by atoms with Crippen LogP contribution in [0.2, 0.25) is 0 Å². The zero-order valence-corrected chi connectivity index (χ0v) is 13.0.